The van der Waals surface area contributed by atoms with Gasteiger partial charge in [0.05, 0.1) is 30.3 Å². The van der Waals surface area contributed by atoms with E-state index in [1.165, 1.54) is 6.92 Å². The Labute approximate surface area is 208 Å². The van der Waals surface area contributed by atoms with Crippen molar-refractivity contribution in [1.82, 2.24) is 0 Å². The van der Waals surface area contributed by atoms with Crippen molar-refractivity contribution in [3.63, 3.8) is 0 Å². The van der Waals surface area contributed by atoms with E-state index in [-0.39, 0.29) is 37.4 Å². The number of aliphatic hydroxyl groups is 3. The van der Waals surface area contributed by atoms with Crippen molar-refractivity contribution < 1.29 is 39.1 Å². The fraction of sp³-hybridized carbons (Fsp3) is 0.704. The molecule has 3 N–H and O–H groups in total. The minimum absolute atomic E-state index is 0.0657. The molecule has 0 amide bonds. The molecule has 198 valence electrons. The van der Waals surface area contributed by atoms with Crippen LogP contribution < -0.4 is 0 Å². The standard InChI is InChI=1S/C27H42O8/c1-7-21-22(34-21)16-26(5,31)13-8-9-17(2)25-18(3)10-11-23(33-19(4)28)27(6,32)14-12-20(29)15-24(30)35-25/h8-11,13,18,20-23,25,29,31-32H,7,12,14-16H2,1-6H3. The molecule has 0 aromatic rings. The lowest BCUT2D eigenvalue weighted by molar-refractivity contribution is -0.157. The predicted octanol–water partition coefficient (Wildman–Crippen LogP) is 3.14. The Kier molecular flexibility index (Phi) is 10.3. The van der Waals surface area contributed by atoms with E-state index in [4.69, 9.17) is 14.2 Å². The van der Waals surface area contributed by atoms with Crippen LogP contribution >= 0.6 is 0 Å². The van der Waals surface area contributed by atoms with Crippen molar-refractivity contribution >= 4 is 11.9 Å². The molecule has 2 rings (SSSR count). The van der Waals surface area contributed by atoms with Gasteiger partial charge < -0.3 is 29.5 Å². The molecule has 2 aliphatic rings. The van der Waals surface area contributed by atoms with Gasteiger partial charge in [0.1, 0.15) is 17.8 Å². The van der Waals surface area contributed by atoms with Gasteiger partial charge in [-0.15, -0.1) is 0 Å². The van der Waals surface area contributed by atoms with Gasteiger partial charge >= 0.3 is 11.9 Å². The molecule has 8 heteroatoms. The molecular weight excluding hydrogens is 452 g/mol. The van der Waals surface area contributed by atoms with Crippen molar-refractivity contribution in [1.29, 1.82) is 0 Å². The third kappa shape index (κ3) is 9.52. The van der Waals surface area contributed by atoms with Crippen LogP contribution in [0.1, 0.15) is 73.6 Å². The summed E-state index contributed by atoms with van der Waals surface area (Å²) >= 11 is 0. The van der Waals surface area contributed by atoms with E-state index in [2.05, 4.69) is 6.92 Å². The second kappa shape index (κ2) is 12.3. The quantitative estimate of drug-likeness (QED) is 0.213. The van der Waals surface area contributed by atoms with E-state index < -0.39 is 41.5 Å². The first-order valence-corrected chi connectivity index (χ1v) is 12.4. The minimum Gasteiger partial charge on any atom is -0.457 e. The van der Waals surface area contributed by atoms with E-state index in [0.29, 0.717) is 6.42 Å². The van der Waals surface area contributed by atoms with Gasteiger partial charge in [-0.3, -0.25) is 9.59 Å². The zero-order chi connectivity index (χ0) is 26.4. The van der Waals surface area contributed by atoms with Gasteiger partial charge in [0.2, 0.25) is 0 Å². The van der Waals surface area contributed by atoms with Crippen molar-refractivity contribution in [2.45, 2.75) is 115 Å². The lowest BCUT2D eigenvalue weighted by Crippen LogP contribution is -2.42. The number of cyclic esters (lactones) is 1. The van der Waals surface area contributed by atoms with Gasteiger partial charge in [0.15, 0.2) is 0 Å². The SMILES string of the molecule is CCC1OC1CC(C)(O)C=CC=C(C)C1OC(=O)CC(O)CCC(C)(O)C(OC(C)=O)C=CC1C. The fourth-order valence-electron chi connectivity index (χ4n) is 4.32. The lowest BCUT2D eigenvalue weighted by atomic mass is 9.88. The highest BCUT2D eigenvalue weighted by Gasteiger charge is 2.41. The summed E-state index contributed by atoms with van der Waals surface area (Å²) in [6.45, 7) is 10.3. The highest BCUT2D eigenvalue weighted by Crippen LogP contribution is 2.33. The largest absolute Gasteiger partial charge is 0.457 e. The number of allylic oxidation sites excluding steroid dienone is 2. The second-order valence-electron chi connectivity index (χ2n) is 10.4. The minimum atomic E-state index is -1.41. The molecule has 0 radical (unpaired) electrons. The van der Waals surface area contributed by atoms with Crippen LogP contribution in [0.25, 0.3) is 0 Å². The summed E-state index contributed by atoms with van der Waals surface area (Å²) in [6.07, 6.45) is 7.77. The van der Waals surface area contributed by atoms with Crippen LogP contribution in [-0.4, -0.2) is 69.0 Å². The monoisotopic (exact) mass is 494 g/mol. The maximum absolute atomic E-state index is 12.5. The van der Waals surface area contributed by atoms with Crippen LogP contribution in [0.3, 0.4) is 0 Å². The normalized spacial score (nSPS) is 36.6. The Bertz CT molecular complexity index is 825. The molecular formula is C27H42O8. The Morgan fingerprint density at radius 2 is 2.00 bits per heavy atom. The van der Waals surface area contributed by atoms with Gasteiger partial charge in [0.25, 0.3) is 0 Å². The summed E-state index contributed by atoms with van der Waals surface area (Å²) in [4.78, 5) is 24.1. The van der Waals surface area contributed by atoms with Crippen molar-refractivity contribution in [3.8, 4) is 0 Å². The number of aliphatic hydroxyl groups excluding tert-OH is 1. The first kappa shape index (κ1) is 29.2. The number of ether oxygens (including phenoxy) is 3. The molecule has 1 fully saturated rings. The van der Waals surface area contributed by atoms with Crippen molar-refractivity contribution in [2.75, 3.05) is 0 Å². The first-order chi connectivity index (χ1) is 16.2. The molecule has 8 nitrogen and oxygen atoms in total. The summed E-state index contributed by atoms with van der Waals surface area (Å²) in [7, 11) is 0. The third-order valence-electron chi connectivity index (χ3n) is 6.58. The number of rotatable bonds is 7. The summed E-state index contributed by atoms with van der Waals surface area (Å²) in [5.41, 5.74) is -1.71. The summed E-state index contributed by atoms with van der Waals surface area (Å²) < 4.78 is 16.6. The van der Waals surface area contributed by atoms with E-state index in [1.807, 2.05) is 13.8 Å². The van der Waals surface area contributed by atoms with E-state index in [1.54, 1.807) is 44.2 Å². The van der Waals surface area contributed by atoms with Gasteiger partial charge in [-0.1, -0.05) is 38.2 Å². The van der Waals surface area contributed by atoms with Gasteiger partial charge in [-0.05, 0) is 51.7 Å². The summed E-state index contributed by atoms with van der Waals surface area (Å²) in [5.74, 6) is -1.39. The maximum atomic E-state index is 12.5. The molecule has 8 atom stereocenters. The van der Waals surface area contributed by atoms with E-state index >= 15 is 0 Å². The lowest BCUT2D eigenvalue weighted by Gasteiger charge is -2.32. The number of hydrogen-bond donors (Lipinski definition) is 3. The van der Waals surface area contributed by atoms with Gasteiger partial charge in [0, 0.05) is 19.3 Å². The molecule has 0 aromatic carbocycles. The van der Waals surface area contributed by atoms with Gasteiger partial charge in [-0.2, -0.15) is 0 Å². The molecule has 0 spiro atoms. The molecule has 1 saturated heterocycles. The third-order valence-corrected chi connectivity index (χ3v) is 6.58. The first-order valence-electron chi connectivity index (χ1n) is 12.4. The second-order valence-corrected chi connectivity index (χ2v) is 10.4. The fourth-order valence-corrected chi connectivity index (χ4v) is 4.32. The predicted molar refractivity (Wildman–Crippen MR) is 131 cm³/mol. The van der Waals surface area contributed by atoms with Crippen molar-refractivity contribution in [3.05, 3.63) is 36.0 Å². The Morgan fingerprint density at radius 3 is 2.60 bits per heavy atom. The number of epoxide rings is 1. The number of hydrogen-bond acceptors (Lipinski definition) is 8. The molecule has 2 heterocycles. The van der Waals surface area contributed by atoms with Crippen LogP contribution in [0.2, 0.25) is 0 Å². The van der Waals surface area contributed by atoms with Gasteiger partial charge in [-0.25, -0.2) is 0 Å². The topological polar surface area (TPSA) is 126 Å². The zero-order valence-electron chi connectivity index (χ0n) is 21.8. The van der Waals surface area contributed by atoms with Crippen LogP contribution in [-0.2, 0) is 23.8 Å². The highest BCUT2D eigenvalue weighted by molar-refractivity contribution is 5.70. The molecule has 0 aliphatic carbocycles. The van der Waals surface area contributed by atoms with Crippen molar-refractivity contribution in [2.24, 2.45) is 5.92 Å². The summed E-state index contributed by atoms with van der Waals surface area (Å²) in [5, 5.41) is 31.9. The van der Waals surface area contributed by atoms with Crippen LogP contribution in [0.4, 0.5) is 0 Å². The smallest absolute Gasteiger partial charge is 0.309 e. The molecule has 2 aliphatic heterocycles. The Hall–Kier alpha value is -2.00. The van der Waals surface area contributed by atoms with Crippen LogP contribution in [0.5, 0.6) is 0 Å². The highest BCUT2D eigenvalue weighted by atomic mass is 16.6. The average Bonchev–Trinajstić information content (AvgIpc) is 3.49. The number of carbonyl (C=O) groups excluding carboxylic acids is 2. The van der Waals surface area contributed by atoms with Crippen LogP contribution in [0.15, 0.2) is 36.0 Å². The zero-order valence-corrected chi connectivity index (χ0v) is 21.8. The Morgan fingerprint density at radius 1 is 1.31 bits per heavy atom. The van der Waals surface area contributed by atoms with Crippen LogP contribution in [0, 0.1) is 5.92 Å². The molecule has 0 saturated carbocycles. The average molecular weight is 495 g/mol. The Balaban J connectivity index is 2.23. The van der Waals surface area contributed by atoms with E-state index in [0.717, 1.165) is 12.0 Å². The number of esters is 2. The van der Waals surface area contributed by atoms with E-state index in [9.17, 15) is 24.9 Å². The molecule has 0 bridgehead atoms. The molecule has 8 unspecified atom stereocenters. The number of carbonyl (C=O) groups is 2. The molecule has 0 aromatic heterocycles. The maximum Gasteiger partial charge on any atom is 0.309 e. The molecule has 35 heavy (non-hydrogen) atoms. The summed E-state index contributed by atoms with van der Waals surface area (Å²) in [6, 6.07) is 0.